The van der Waals surface area contributed by atoms with Gasteiger partial charge < -0.3 is 24.8 Å². The lowest BCUT2D eigenvalue weighted by atomic mass is 9.98. The molecule has 0 spiro atoms. The molecule has 0 heterocycles. The molecule has 2 N–H and O–H groups in total. The maximum atomic E-state index is 13.3. The Bertz CT molecular complexity index is 1120. The number of fused-ring (bicyclic) bond motifs is 3. The number of benzene rings is 2. The number of amides is 2. The molecular formula is C31H40N2O6. The van der Waals surface area contributed by atoms with Crippen molar-refractivity contribution in [2.24, 2.45) is 5.92 Å². The molecule has 8 heteroatoms. The van der Waals surface area contributed by atoms with E-state index in [1.807, 2.05) is 71.0 Å². The van der Waals surface area contributed by atoms with E-state index >= 15 is 0 Å². The van der Waals surface area contributed by atoms with Crippen LogP contribution >= 0.6 is 0 Å². The molecule has 0 unspecified atom stereocenters. The summed E-state index contributed by atoms with van der Waals surface area (Å²) >= 11 is 0. The van der Waals surface area contributed by atoms with Crippen LogP contribution in [0.5, 0.6) is 0 Å². The summed E-state index contributed by atoms with van der Waals surface area (Å²) in [5, 5.41) is 5.36. The van der Waals surface area contributed by atoms with Crippen LogP contribution in [0.3, 0.4) is 0 Å². The fourth-order valence-electron chi connectivity index (χ4n) is 4.50. The number of hydrogen-bond acceptors (Lipinski definition) is 6. The smallest absolute Gasteiger partial charge is 0.407 e. The number of nitrogens with one attached hydrogen (secondary N) is 2. The fourth-order valence-corrected chi connectivity index (χ4v) is 4.50. The first-order valence-electron chi connectivity index (χ1n) is 13.3. The highest BCUT2D eigenvalue weighted by molar-refractivity contribution is 5.90. The molecular weight excluding hydrogens is 496 g/mol. The summed E-state index contributed by atoms with van der Waals surface area (Å²) in [6, 6.07) is 14.2. The van der Waals surface area contributed by atoms with Crippen LogP contribution in [-0.4, -0.2) is 55.5 Å². The maximum Gasteiger partial charge on any atom is 0.407 e. The van der Waals surface area contributed by atoms with Crippen molar-refractivity contribution in [1.29, 1.82) is 0 Å². The molecule has 2 aromatic rings. The second kappa shape index (κ2) is 13.4. The Kier molecular flexibility index (Phi) is 10.3. The minimum atomic E-state index is -1.08. The number of esters is 1. The van der Waals surface area contributed by atoms with Gasteiger partial charge in [-0.05, 0) is 55.4 Å². The van der Waals surface area contributed by atoms with Crippen molar-refractivity contribution in [2.75, 3.05) is 19.8 Å². The van der Waals surface area contributed by atoms with Gasteiger partial charge in [-0.25, -0.2) is 9.59 Å². The molecule has 0 saturated heterocycles. The summed E-state index contributed by atoms with van der Waals surface area (Å²) in [5.74, 6) is -1.12. The van der Waals surface area contributed by atoms with Crippen LogP contribution in [0, 0.1) is 5.92 Å². The Morgan fingerprint density at radius 2 is 1.51 bits per heavy atom. The van der Waals surface area contributed by atoms with Crippen LogP contribution in [0.4, 0.5) is 4.79 Å². The van der Waals surface area contributed by atoms with Crippen LogP contribution in [0.15, 0.2) is 61.2 Å². The van der Waals surface area contributed by atoms with Crippen molar-refractivity contribution in [3.63, 3.8) is 0 Å². The van der Waals surface area contributed by atoms with E-state index in [2.05, 4.69) is 29.3 Å². The normalized spacial score (nSPS) is 14.1. The predicted octanol–water partition coefficient (Wildman–Crippen LogP) is 4.97. The van der Waals surface area contributed by atoms with Gasteiger partial charge in [0.1, 0.15) is 25.3 Å². The summed E-state index contributed by atoms with van der Waals surface area (Å²) in [7, 11) is 0. The first-order valence-corrected chi connectivity index (χ1v) is 13.3. The molecule has 1 aliphatic rings. The number of hydrogen-bond donors (Lipinski definition) is 2. The molecule has 210 valence electrons. The van der Waals surface area contributed by atoms with E-state index in [9.17, 15) is 14.4 Å². The molecule has 0 aliphatic heterocycles. The molecule has 0 fully saturated rings. The van der Waals surface area contributed by atoms with Gasteiger partial charge in [-0.2, -0.15) is 0 Å². The Hall–Kier alpha value is -3.65. The molecule has 0 radical (unpaired) electrons. The quantitative estimate of drug-likeness (QED) is 0.293. The van der Waals surface area contributed by atoms with Gasteiger partial charge in [0.2, 0.25) is 5.91 Å². The highest BCUT2D eigenvalue weighted by Gasteiger charge is 2.32. The van der Waals surface area contributed by atoms with Crippen LogP contribution in [0.1, 0.15) is 58.1 Å². The molecule has 0 saturated carbocycles. The lowest BCUT2D eigenvalue weighted by molar-refractivity contribution is -0.147. The Morgan fingerprint density at radius 1 is 0.923 bits per heavy atom. The highest BCUT2D eigenvalue weighted by atomic mass is 16.6. The van der Waals surface area contributed by atoms with E-state index in [1.54, 1.807) is 0 Å². The standard InChI is InChI=1S/C31H40N2O6/c1-7-16-37-29(35)26(17-20(2)3)32-28(34)27(19-39-31(4,5)6)33-30(36)38-18-25-23-14-10-8-12-21(23)22-13-9-11-15-24(22)25/h7-15,20,25-27H,1,16-19H2,2-6H3,(H,32,34)(H,33,36)/t26-,27-/m0/s1. The maximum absolute atomic E-state index is 13.3. The van der Waals surface area contributed by atoms with Crippen molar-refractivity contribution in [1.82, 2.24) is 10.6 Å². The third kappa shape index (κ3) is 8.42. The first-order chi connectivity index (χ1) is 18.5. The zero-order chi connectivity index (χ0) is 28.6. The first kappa shape index (κ1) is 29.9. The van der Waals surface area contributed by atoms with Gasteiger partial charge in [0, 0.05) is 5.92 Å². The minimum absolute atomic E-state index is 0.0395. The largest absolute Gasteiger partial charge is 0.460 e. The number of carbonyl (C=O) groups excluding carboxylic acids is 3. The second-order valence-electron chi connectivity index (χ2n) is 11.1. The van der Waals surface area contributed by atoms with Crippen LogP contribution < -0.4 is 10.6 Å². The third-order valence-corrected chi connectivity index (χ3v) is 6.29. The number of carbonyl (C=O) groups is 3. The van der Waals surface area contributed by atoms with E-state index < -0.39 is 35.7 Å². The Labute approximate surface area is 231 Å². The molecule has 2 atom stereocenters. The topological polar surface area (TPSA) is 103 Å². The third-order valence-electron chi connectivity index (χ3n) is 6.29. The van der Waals surface area contributed by atoms with Gasteiger partial charge in [-0.1, -0.05) is 75.0 Å². The average molecular weight is 537 g/mol. The highest BCUT2D eigenvalue weighted by Crippen LogP contribution is 2.44. The van der Waals surface area contributed by atoms with Crippen LogP contribution in [-0.2, 0) is 23.8 Å². The van der Waals surface area contributed by atoms with Crippen molar-refractivity contribution in [3.8, 4) is 11.1 Å². The SMILES string of the molecule is C=CCOC(=O)[C@H](CC(C)C)NC(=O)[C@H](COC(C)(C)C)NC(=O)OCC1c2ccccc2-c2ccccc21. The molecule has 0 bridgehead atoms. The Balaban J connectivity index is 1.70. The van der Waals surface area contributed by atoms with Crippen LogP contribution in [0.2, 0.25) is 0 Å². The fraction of sp³-hybridized carbons (Fsp3) is 0.452. The molecule has 39 heavy (non-hydrogen) atoms. The molecule has 0 aromatic heterocycles. The van der Waals surface area contributed by atoms with E-state index in [1.165, 1.54) is 6.08 Å². The van der Waals surface area contributed by atoms with Gasteiger partial charge in [-0.15, -0.1) is 0 Å². The summed E-state index contributed by atoms with van der Waals surface area (Å²) in [6.45, 7) is 13.0. The predicted molar refractivity (Wildman–Crippen MR) is 150 cm³/mol. The number of ether oxygens (including phenoxy) is 3. The van der Waals surface area contributed by atoms with Crippen molar-refractivity contribution in [2.45, 2.75) is 64.6 Å². The van der Waals surface area contributed by atoms with Gasteiger partial charge in [0.15, 0.2) is 0 Å². The van der Waals surface area contributed by atoms with Crippen molar-refractivity contribution >= 4 is 18.0 Å². The summed E-state index contributed by atoms with van der Waals surface area (Å²) < 4.78 is 16.6. The van der Waals surface area contributed by atoms with E-state index in [0.717, 1.165) is 22.3 Å². The summed E-state index contributed by atoms with van der Waals surface area (Å²) in [5.41, 5.74) is 3.87. The molecule has 2 amide bonds. The zero-order valence-electron chi connectivity index (χ0n) is 23.5. The zero-order valence-corrected chi connectivity index (χ0v) is 23.5. The average Bonchev–Trinajstić information content (AvgIpc) is 3.20. The summed E-state index contributed by atoms with van der Waals surface area (Å²) in [4.78, 5) is 38.8. The van der Waals surface area contributed by atoms with E-state index in [0.29, 0.717) is 6.42 Å². The molecule has 3 rings (SSSR count). The minimum Gasteiger partial charge on any atom is -0.460 e. The summed E-state index contributed by atoms with van der Waals surface area (Å²) in [6.07, 6.45) is 1.09. The monoisotopic (exact) mass is 536 g/mol. The molecule has 2 aromatic carbocycles. The lowest BCUT2D eigenvalue weighted by Crippen LogP contribution is -2.54. The second-order valence-corrected chi connectivity index (χ2v) is 11.1. The van der Waals surface area contributed by atoms with Crippen molar-refractivity contribution in [3.05, 3.63) is 72.3 Å². The molecule has 1 aliphatic carbocycles. The number of rotatable bonds is 12. The molecule has 8 nitrogen and oxygen atoms in total. The van der Waals surface area contributed by atoms with Crippen LogP contribution in [0.25, 0.3) is 11.1 Å². The van der Waals surface area contributed by atoms with E-state index in [-0.39, 0.29) is 31.7 Å². The number of alkyl carbamates (subject to hydrolysis) is 1. The van der Waals surface area contributed by atoms with Crippen molar-refractivity contribution < 1.29 is 28.6 Å². The van der Waals surface area contributed by atoms with Gasteiger partial charge in [0.25, 0.3) is 0 Å². The van der Waals surface area contributed by atoms with Gasteiger partial charge in [-0.3, -0.25) is 4.79 Å². The van der Waals surface area contributed by atoms with Gasteiger partial charge in [0.05, 0.1) is 12.2 Å². The Morgan fingerprint density at radius 3 is 2.05 bits per heavy atom. The van der Waals surface area contributed by atoms with E-state index in [4.69, 9.17) is 14.2 Å². The van der Waals surface area contributed by atoms with Gasteiger partial charge >= 0.3 is 12.1 Å². The lowest BCUT2D eigenvalue weighted by Gasteiger charge is -2.26.